The highest BCUT2D eigenvalue weighted by Gasteiger charge is 2.25. The summed E-state index contributed by atoms with van der Waals surface area (Å²) in [6.07, 6.45) is 5.71. The number of aliphatic hydroxyl groups is 1. The molecule has 2 atom stereocenters. The van der Waals surface area contributed by atoms with Crippen LogP contribution >= 0.6 is 11.8 Å². The lowest BCUT2D eigenvalue weighted by molar-refractivity contribution is 0.271. The summed E-state index contributed by atoms with van der Waals surface area (Å²) in [4.78, 5) is 4.40. The number of thioether (sulfide) groups is 1. The van der Waals surface area contributed by atoms with Crippen LogP contribution in [-0.2, 0) is 13.7 Å². The molecule has 1 aliphatic rings. The summed E-state index contributed by atoms with van der Waals surface area (Å²) in [5, 5.41) is 10.9. The van der Waals surface area contributed by atoms with Crippen molar-refractivity contribution in [3.63, 3.8) is 0 Å². The van der Waals surface area contributed by atoms with E-state index in [0.29, 0.717) is 5.25 Å². The van der Waals surface area contributed by atoms with Crippen molar-refractivity contribution in [1.29, 1.82) is 0 Å². The summed E-state index contributed by atoms with van der Waals surface area (Å²) in [6, 6.07) is 0. The van der Waals surface area contributed by atoms with Gasteiger partial charge in [-0.1, -0.05) is 25.6 Å². The van der Waals surface area contributed by atoms with E-state index in [-0.39, 0.29) is 6.61 Å². The lowest BCUT2D eigenvalue weighted by Crippen LogP contribution is -2.21. The number of imidazole rings is 1. The average Bonchev–Trinajstić information content (AvgIpc) is 2.58. The average molecular weight is 254 g/mol. The summed E-state index contributed by atoms with van der Waals surface area (Å²) in [5.74, 6) is 1.66. The van der Waals surface area contributed by atoms with E-state index in [9.17, 15) is 0 Å². The minimum atomic E-state index is 0.0710. The second-order valence-corrected chi connectivity index (χ2v) is 6.67. The van der Waals surface area contributed by atoms with Gasteiger partial charge in [0.05, 0.1) is 18.5 Å². The SMILES string of the molecule is CC1CC(C)CC(Sc2ncc(CO)n2C)C1. The van der Waals surface area contributed by atoms with Crippen molar-refractivity contribution >= 4 is 11.8 Å². The lowest BCUT2D eigenvalue weighted by atomic mass is 9.83. The first-order valence-electron chi connectivity index (χ1n) is 6.38. The normalized spacial score (nSPS) is 29.5. The van der Waals surface area contributed by atoms with Crippen molar-refractivity contribution in [2.45, 2.75) is 50.1 Å². The van der Waals surface area contributed by atoms with E-state index in [0.717, 1.165) is 22.7 Å². The molecule has 17 heavy (non-hydrogen) atoms. The van der Waals surface area contributed by atoms with Gasteiger partial charge in [0.1, 0.15) is 0 Å². The van der Waals surface area contributed by atoms with Gasteiger partial charge in [0, 0.05) is 12.3 Å². The molecule has 0 aromatic carbocycles. The highest BCUT2D eigenvalue weighted by atomic mass is 32.2. The zero-order valence-corrected chi connectivity index (χ0v) is 11.7. The molecule has 96 valence electrons. The number of aromatic nitrogens is 2. The van der Waals surface area contributed by atoms with Gasteiger partial charge in [-0.15, -0.1) is 0 Å². The van der Waals surface area contributed by atoms with Crippen LogP contribution in [0.25, 0.3) is 0 Å². The van der Waals surface area contributed by atoms with Gasteiger partial charge in [0.25, 0.3) is 0 Å². The molecule has 0 saturated heterocycles. The Morgan fingerprint density at radius 3 is 2.53 bits per heavy atom. The Bertz CT molecular complexity index is 367. The Balaban J connectivity index is 2.02. The van der Waals surface area contributed by atoms with Crippen LogP contribution in [-0.4, -0.2) is 19.9 Å². The topological polar surface area (TPSA) is 38.1 Å². The van der Waals surface area contributed by atoms with E-state index in [2.05, 4.69) is 18.8 Å². The quantitative estimate of drug-likeness (QED) is 0.901. The lowest BCUT2D eigenvalue weighted by Gasteiger charge is -2.30. The molecule has 3 nitrogen and oxygen atoms in total. The van der Waals surface area contributed by atoms with Crippen LogP contribution in [0.1, 0.15) is 38.8 Å². The van der Waals surface area contributed by atoms with Crippen LogP contribution in [0.3, 0.4) is 0 Å². The summed E-state index contributed by atoms with van der Waals surface area (Å²) >= 11 is 1.88. The molecule has 0 radical (unpaired) electrons. The molecular weight excluding hydrogens is 232 g/mol. The van der Waals surface area contributed by atoms with Gasteiger partial charge in [0.2, 0.25) is 0 Å². The van der Waals surface area contributed by atoms with E-state index in [1.54, 1.807) is 6.20 Å². The number of hydrogen-bond acceptors (Lipinski definition) is 3. The predicted molar refractivity (Wildman–Crippen MR) is 71.0 cm³/mol. The van der Waals surface area contributed by atoms with E-state index >= 15 is 0 Å². The molecule has 2 unspecified atom stereocenters. The molecule has 0 bridgehead atoms. The molecule has 1 heterocycles. The Morgan fingerprint density at radius 2 is 2.00 bits per heavy atom. The first-order chi connectivity index (χ1) is 8.10. The molecule has 0 aliphatic heterocycles. The summed E-state index contributed by atoms with van der Waals surface area (Å²) < 4.78 is 2.01. The van der Waals surface area contributed by atoms with Crippen LogP contribution in [0, 0.1) is 11.8 Å². The van der Waals surface area contributed by atoms with Crippen molar-refractivity contribution < 1.29 is 5.11 Å². The molecule has 1 aliphatic carbocycles. The van der Waals surface area contributed by atoms with Crippen LogP contribution in [0.5, 0.6) is 0 Å². The van der Waals surface area contributed by atoms with Crippen molar-refractivity contribution in [2.75, 3.05) is 0 Å². The van der Waals surface area contributed by atoms with Gasteiger partial charge in [-0.3, -0.25) is 0 Å². The largest absolute Gasteiger partial charge is 0.390 e. The predicted octanol–water partition coefficient (Wildman–Crippen LogP) is 2.83. The smallest absolute Gasteiger partial charge is 0.168 e. The van der Waals surface area contributed by atoms with Gasteiger partial charge >= 0.3 is 0 Å². The molecule has 1 N–H and O–H groups in total. The first kappa shape index (κ1) is 13.0. The maximum atomic E-state index is 9.15. The van der Waals surface area contributed by atoms with E-state index in [4.69, 9.17) is 5.11 Å². The highest BCUT2D eigenvalue weighted by molar-refractivity contribution is 7.99. The third-order valence-corrected chi connectivity index (χ3v) is 4.92. The molecule has 1 fully saturated rings. The second kappa shape index (κ2) is 5.44. The van der Waals surface area contributed by atoms with Gasteiger partial charge in [-0.05, 0) is 31.1 Å². The fourth-order valence-electron chi connectivity index (χ4n) is 2.80. The molecule has 0 amide bonds. The molecule has 1 aromatic heterocycles. The molecular formula is C13H22N2OS. The third kappa shape index (κ3) is 3.05. The Labute approximate surface area is 108 Å². The molecule has 4 heteroatoms. The maximum absolute atomic E-state index is 9.15. The van der Waals surface area contributed by atoms with Crippen molar-refractivity contribution in [3.8, 4) is 0 Å². The Hall–Kier alpha value is -0.480. The fourth-order valence-corrected chi connectivity index (χ4v) is 4.34. The number of nitrogens with zero attached hydrogens (tertiary/aromatic N) is 2. The minimum Gasteiger partial charge on any atom is -0.390 e. The second-order valence-electron chi connectivity index (χ2n) is 5.41. The molecule has 1 aromatic rings. The zero-order chi connectivity index (χ0) is 12.4. The molecule has 2 rings (SSSR count). The van der Waals surface area contributed by atoms with E-state index in [1.165, 1.54) is 19.3 Å². The van der Waals surface area contributed by atoms with Crippen LogP contribution < -0.4 is 0 Å². The fraction of sp³-hybridized carbons (Fsp3) is 0.769. The maximum Gasteiger partial charge on any atom is 0.168 e. The van der Waals surface area contributed by atoms with Crippen molar-refractivity contribution in [2.24, 2.45) is 18.9 Å². The standard InChI is InChI=1S/C13H22N2OS/c1-9-4-10(2)6-12(5-9)17-13-14-7-11(8-16)15(13)3/h7,9-10,12,16H,4-6,8H2,1-3H3. The van der Waals surface area contributed by atoms with Crippen molar-refractivity contribution in [3.05, 3.63) is 11.9 Å². The highest BCUT2D eigenvalue weighted by Crippen LogP contribution is 2.38. The van der Waals surface area contributed by atoms with Gasteiger partial charge < -0.3 is 9.67 Å². The van der Waals surface area contributed by atoms with Gasteiger partial charge in [0.15, 0.2) is 5.16 Å². The van der Waals surface area contributed by atoms with Gasteiger partial charge in [-0.25, -0.2) is 4.98 Å². The van der Waals surface area contributed by atoms with Crippen LogP contribution in [0.4, 0.5) is 0 Å². The summed E-state index contributed by atoms with van der Waals surface area (Å²) in [5.41, 5.74) is 0.893. The zero-order valence-electron chi connectivity index (χ0n) is 10.9. The van der Waals surface area contributed by atoms with E-state index < -0.39 is 0 Å². The minimum absolute atomic E-state index is 0.0710. The number of rotatable bonds is 3. The first-order valence-corrected chi connectivity index (χ1v) is 7.26. The third-order valence-electron chi connectivity index (χ3n) is 3.61. The van der Waals surface area contributed by atoms with Crippen molar-refractivity contribution in [1.82, 2.24) is 9.55 Å². The number of hydrogen-bond donors (Lipinski definition) is 1. The van der Waals surface area contributed by atoms with E-state index in [1.807, 2.05) is 23.4 Å². The van der Waals surface area contributed by atoms with Gasteiger partial charge in [-0.2, -0.15) is 0 Å². The van der Waals surface area contributed by atoms with Crippen LogP contribution in [0.15, 0.2) is 11.4 Å². The summed E-state index contributed by atoms with van der Waals surface area (Å²) in [7, 11) is 1.98. The monoisotopic (exact) mass is 254 g/mol. The Kier molecular flexibility index (Phi) is 4.15. The van der Waals surface area contributed by atoms with Crippen LogP contribution in [0.2, 0.25) is 0 Å². The molecule has 1 saturated carbocycles. The Morgan fingerprint density at radius 1 is 1.35 bits per heavy atom. The number of aliphatic hydroxyl groups excluding tert-OH is 1. The summed E-state index contributed by atoms with van der Waals surface area (Å²) in [6.45, 7) is 4.77. The molecule has 0 spiro atoms.